The molecular formula is C13H18N6OS. The average Bonchev–Trinajstić information content (AvgIpc) is 2.30. The van der Waals surface area contributed by atoms with Gasteiger partial charge >= 0.3 is 0 Å². The molecule has 0 aromatic carbocycles. The molecule has 7 nitrogen and oxygen atoms in total. The first-order chi connectivity index (χ1) is 9.73. The summed E-state index contributed by atoms with van der Waals surface area (Å²) in [6, 6.07) is 4.99. The van der Waals surface area contributed by atoms with E-state index in [1.165, 1.54) is 17.8 Å². The van der Waals surface area contributed by atoms with Crippen LogP contribution in [0.3, 0.4) is 0 Å². The van der Waals surface area contributed by atoms with Crippen LogP contribution >= 0.6 is 11.8 Å². The van der Waals surface area contributed by atoms with E-state index in [1.54, 1.807) is 12.1 Å². The minimum atomic E-state index is -0.386. The zero-order chi connectivity index (χ0) is 15.6. The number of nitrogens with zero attached hydrogens (tertiary/aromatic N) is 3. The molecule has 0 spiro atoms. The summed E-state index contributed by atoms with van der Waals surface area (Å²) in [6.07, 6.45) is 0. The fraction of sp³-hybridized carbons (Fsp3) is 0.308. The molecule has 6 N–H and O–H groups in total. The van der Waals surface area contributed by atoms with Gasteiger partial charge in [0.1, 0.15) is 22.3 Å². The number of nitrogens with two attached hydrogens (primary N) is 3. The Balaban J connectivity index is 2.26. The third-order valence-corrected chi connectivity index (χ3v) is 3.01. The first-order valence-corrected chi connectivity index (χ1v) is 7.08. The minimum Gasteiger partial charge on any atom is -0.470 e. The number of pyridine rings is 1. The number of nitrogen functional groups attached to an aromatic ring is 3. The molecule has 8 heteroatoms. The van der Waals surface area contributed by atoms with Crippen LogP contribution in [-0.2, 0) is 0 Å². The quantitative estimate of drug-likeness (QED) is 0.734. The van der Waals surface area contributed by atoms with E-state index in [0.29, 0.717) is 33.4 Å². The van der Waals surface area contributed by atoms with Crippen LogP contribution in [0.1, 0.15) is 20.8 Å². The van der Waals surface area contributed by atoms with Gasteiger partial charge in [0.25, 0.3) is 0 Å². The van der Waals surface area contributed by atoms with E-state index in [1.807, 2.05) is 20.8 Å². The third-order valence-electron chi connectivity index (χ3n) is 2.21. The van der Waals surface area contributed by atoms with Crippen molar-refractivity contribution in [3.05, 3.63) is 18.2 Å². The number of rotatable bonds is 3. The van der Waals surface area contributed by atoms with E-state index in [-0.39, 0.29) is 5.60 Å². The Labute approximate surface area is 127 Å². The second-order valence-electron chi connectivity index (χ2n) is 5.36. The highest BCUT2D eigenvalue weighted by molar-refractivity contribution is 7.99. The van der Waals surface area contributed by atoms with Crippen LogP contribution in [0.15, 0.2) is 28.4 Å². The van der Waals surface area contributed by atoms with Gasteiger partial charge in [-0.1, -0.05) is 0 Å². The van der Waals surface area contributed by atoms with Gasteiger partial charge in [-0.2, -0.15) is 0 Å². The number of anilines is 3. The predicted octanol–water partition coefficient (Wildman–Crippen LogP) is 1.95. The summed E-state index contributed by atoms with van der Waals surface area (Å²) in [5.74, 6) is 1.00. The second kappa shape index (κ2) is 5.65. The van der Waals surface area contributed by atoms with Gasteiger partial charge in [-0.25, -0.2) is 15.0 Å². The van der Waals surface area contributed by atoms with Crippen molar-refractivity contribution >= 4 is 29.1 Å². The molecule has 2 aromatic rings. The molecule has 2 heterocycles. The summed E-state index contributed by atoms with van der Waals surface area (Å²) in [5.41, 5.74) is 17.2. The number of aromatic nitrogens is 3. The summed E-state index contributed by atoms with van der Waals surface area (Å²) < 4.78 is 5.72. The van der Waals surface area contributed by atoms with Crippen molar-refractivity contribution in [1.29, 1.82) is 0 Å². The molecule has 0 radical (unpaired) electrons. The van der Waals surface area contributed by atoms with Crippen LogP contribution < -0.4 is 21.9 Å². The first-order valence-electron chi connectivity index (χ1n) is 6.26. The number of ether oxygens (including phenoxy) is 1. The molecule has 0 aliphatic heterocycles. The molecule has 0 fully saturated rings. The van der Waals surface area contributed by atoms with E-state index in [2.05, 4.69) is 15.0 Å². The van der Waals surface area contributed by atoms with E-state index in [9.17, 15) is 0 Å². The Kier molecular flexibility index (Phi) is 4.08. The Morgan fingerprint density at radius 2 is 1.62 bits per heavy atom. The minimum absolute atomic E-state index is 0.312. The summed E-state index contributed by atoms with van der Waals surface area (Å²) in [6.45, 7) is 5.78. The highest BCUT2D eigenvalue weighted by atomic mass is 32.2. The van der Waals surface area contributed by atoms with Crippen molar-refractivity contribution in [2.24, 2.45) is 0 Å². The summed E-state index contributed by atoms with van der Waals surface area (Å²) in [7, 11) is 0. The van der Waals surface area contributed by atoms with Crippen molar-refractivity contribution in [2.45, 2.75) is 36.6 Å². The monoisotopic (exact) mass is 306 g/mol. The maximum atomic E-state index is 5.87. The third kappa shape index (κ3) is 4.38. The lowest BCUT2D eigenvalue weighted by Gasteiger charge is -2.21. The summed E-state index contributed by atoms with van der Waals surface area (Å²) in [4.78, 5) is 12.6. The molecule has 0 amide bonds. The van der Waals surface area contributed by atoms with Gasteiger partial charge in [-0.15, -0.1) is 0 Å². The smallest absolute Gasteiger partial charge is 0.238 e. The maximum Gasteiger partial charge on any atom is 0.238 e. The Morgan fingerprint density at radius 3 is 2.19 bits per heavy atom. The Hall–Kier alpha value is -2.22. The van der Waals surface area contributed by atoms with Gasteiger partial charge in [0.05, 0.1) is 5.69 Å². The van der Waals surface area contributed by atoms with E-state index in [0.717, 1.165) is 0 Å². The van der Waals surface area contributed by atoms with Crippen LogP contribution in [0.4, 0.5) is 17.3 Å². The topological polar surface area (TPSA) is 126 Å². The number of hydrogen-bond donors (Lipinski definition) is 3. The van der Waals surface area contributed by atoms with Crippen LogP contribution in [-0.4, -0.2) is 20.6 Å². The molecule has 0 aliphatic rings. The average molecular weight is 306 g/mol. The van der Waals surface area contributed by atoms with Crippen LogP contribution in [0, 0.1) is 0 Å². The zero-order valence-electron chi connectivity index (χ0n) is 12.1. The zero-order valence-corrected chi connectivity index (χ0v) is 12.9. The molecule has 0 atom stereocenters. The Bertz CT molecular complexity index is 635. The van der Waals surface area contributed by atoms with Gasteiger partial charge in [0.15, 0.2) is 5.16 Å². The number of hydrogen-bond acceptors (Lipinski definition) is 8. The largest absolute Gasteiger partial charge is 0.470 e. The lowest BCUT2D eigenvalue weighted by atomic mass is 10.2. The molecule has 0 unspecified atom stereocenters. The van der Waals surface area contributed by atoms with Gasteiger partial charge in [0, 0.05) is 6.07 Å². The van der Waals surface area contributed by atoms with Crippen LogP contribution in [0.5, 0.6) is 5.88 Å². The van der Waals surface area contributed by atoms with Crippen LogP contribution in [0.2, 0.25) is 0 Å². The second-order valence-corrected chi connectivity index (χ2v) is 6.35. The predicted molar refractivity (Wildman–Crippen MR) is 84.0 cm³/mol. The molecule has 0 saturated heterocycles. The van der Waals surface area contributed by atoms with E-state index in [4.69, 9.17) is 21.9 Å². The molecule has 2 rings (SSSR count). The SMILES string of the molecule is CC(C)(C)Oc1nc(Sc2nc(N)cc(N)n2)ccc1N. The molecule has 2 aromatic heterocycles. The van der Waals surface area contributed by atoms with Crippen molar-refractivity contribution in [3.63, 3.8) is 0 Å². The normalized spacial score (nSPS) is 11.4. The fourth-order valence-electron chi connectivity index (χ4n) is 1.46. The molecule has 0 bridgehead atoms. The molecule has 112 valence electrons. The van der Waals surface area contributed by atoms with E-state index < -0.39 is 0 Å². The molecule has 0 aliphatic carbocycles. The highest BCUT2D eigenvalue weighted by Crippen LogP contribution is 2.30. The van der Waals surface area contributed by atoms with Crippen molar-refractivity contribution in [2.75, 3.05) is 17.2 Å². The maximum absolute atomic E-state index is 5.87. The van der Waals surface area contributed by atoms with Crippen LogP contribution in [0.25, 0.3) is 0 Å². The molecular weight excluding hydrogens is 288 g/mol. The molecule has 21 heavy (non-hydrogen) atoms. The van der Waals surface area contributed by atoms with Crippen molar-refractivity contribution in [1.82, 2.24) is 15.0 Å². The van der Waals surface area contributed by atoms with Gasteiger partial charge in [-0.05, 0) is 44.7 Å². The first kappa shape index (κ1) is 15.2. The Morgan fingerprint density at radius 1 is 1.00 bits per heavy atom. The van der Waals surface area contributed by atoms with Gasteiger partial charge in [0.2, 0.25) is 5.88 Å². The van der Waals surface area contributed by atoms with Crippen molar-refractivity contribution < 1.29 is 4.74 Å². The lowest BCUT2D eigenvalue weighted by molar-refractivity contribution is 0.124. The standard InChI is InChI=1S/C13H18N6OS/c1-13(2,3)20-11-7(14)4-5-10(19-11)21-12-17-8(15)6-9(16)18-12/h4-6H,14H2,1-3H3,(H4,15,16,17,18). The highest BCUT2D eigenvalue weighted by Gasteiger charge is 2.16. The summed E-state index contributed by atoms with van der Waals surface area (Å²) >= 11 is 1.24. The summed E-state index contributed by atoms with van der Waals surface area (Å²) in [5, 5.41) is 1.07. The van der Waals surface area contributed by atoms with Crippen molar-refractivity contribution in [3.8, 4) is 5.88 Å². The fourth-order valence-corrected chi connectivity index (χ4v) is 2.22. The van der Waals surface area contributed by atoms with Gasteiger partial charge < -0.3 is 21.9 Å². The van der Waals surface area contributed by atoms with Gasteiger partial charge in [-0.3, -0.25) is 0 Å². The lowest BCUT2D eigenvalue weighted by Crippen LogP contribution is -2.24. The van der Waals surface area contributed by atoms with E-state index >= 15 is 0 Å². The molecule has 0 saturated carbocycles.